The van der Waals surface area contributed by atoms with E-state index in [1.54, 1.807) is 0 Å². The first-order valence-corrected chi connectivity index (χ1v) is 5.72. The molecule has 0 heterocycles. The quantitative estimate of drug-likeness (QED) is 0.833. The van der Waals surface area contributed by atoms with E-state index in [2.05, 4.69) is 0 Å². The van der Waals surface area contributed by atoms with Gasteiger partial charge in [0.05, 0.1) is 12.2 Å². The van der Waals surface area contributed by atoms with Crippen molar-refractivity contribution in [1.29, 1.82) is 0 Å². The lowest BCUT2D eigenvalue weighted by Gasteiger charge is -2.12. The molecule has 2 nitrogen and oxygen atoms in total. The molecule has 0 spiro atoms. The maximum Gasteiger partial charge on any atom is 0.126 e. The van der Waals surface area contributed by atoms with Gasteiger partial charge in [0.25, 0.3) is 0 Å². The first-order chi connectivity index (χ1) is 7.97. The van der Waals surface area contributed by atoms with Crippen LogP contribution in [0.2, 0.25) is 0 Å². The number of ether oxygens (including phenoxy) is 1. The Morgan fingerprint density at radius 1 is 1.18 bits per heavy atom. The molecule has 0 radical (unpaired) electrons. The maximum absolute atomic E-state index is 12.9. The van der Waals surface area contributed by atoms with Crippen molar-refractivity contribution in [2.75, 3.05) is 6.61 Å². The number of hydrogen-bond donors (Lipinski definition) is 1. The van der Waals surface area contributed by atoms with Gasteiger partial charge in [-0.2, -0.15) is 0 Å². The zero-order valence-electron chi connectivity index (χ0n) is 10.1. The molecule has 96 valence electrons. The maximum atomic E-state index is 12.9. The monoisotopic (exact) mass is 244 g/mol. The van der Waals surface area contributed by atoms with Crippen LogP contribution in [0, 0.1) is 11.6 Å². The molecule has 17 heavy (non-hydrogen) atoms. The molecule has 1 atom stereocenters. The first kappa shape index (κ1) is 14.1. The highest BCUT2D eigenvalue weighted by Crippen LogP contribution is 2.11. The molecule has 0 amide bonds. The van der Waals surface area contributed by atoms with E-state index in [0.29, 0.717) is 18.6 Å². The van der Waals surface area contributed by atoms with Crippen LogP contribution in [0.5, 0.6) is 0 Å². The Kier molecular flexibility index (Phi) is 5.51. The standard InChI is InChI=1S/C13H18F2O2/c1-9(2)17-4-3-13(16)7-10-5-11(14)8-12(15)6-10/h5-6,8-9,13,16H,3-4,7H2,1-2H3. The van der Waals surface area contributed by atoms with Gasteiger partial charge < -0.3 is 9.84 Å². The minimum atomic E-state index is -0.644. The molecule has 0 aromatic heterocycles. The molecule has 4 heteroatoms. The molecule has 0 aliphatic heterocycles. The van der Waals surface area contributed by atoms with Crippen LogP contribution >= 0.6 is 0 Å². The van der Waals surface area contributed by atoms with Gasteiger partial charge in [-0.15, -0.1) is 0 Å². The summed E-state index contributed by atoms with van der Waals surface area (Å²) < 4.78 is 31.1. The van der Waals surface area contributed by atoms with Gasteiger partial charge in [0, 0.05) is 12.7 Å². The highest BCUT2D eigenvalue weighted by molar-refractivity contribution is 5.18. The van der Waals surface area contributed by atoms with E-state index in [1.165, 1.54) is 12.1 Å². The van der Waals surface area contributed by atoms with Crippen LogP contribution in [0.4, 0.5) is 8.78 Å². The van der Waals surface area contributed by atoms with E-state index >= 15 is 0 Å². The van der Waals surface area contributed by atoms with Crippen molar-refractivity contribution in [3.8, 4) is 0 Å². The third-order valence-corrected chi connectivity index (χ3v) is 2.30. The summed E-state index contributed by atoms with van der Waals surface area (Å²) in [5.41, 5.74) is 0.458. The van der Waals surface area contributed by atoms with Gasteiger partial charge in [0.1, 0.15) is 11.6 Å². The first-order valence-electron chi connectivity index (χ1n) is 5.72. The van der Waals surface area contributed by atoms with Gasteiger partial charge in [-0.1, -0.05) is 0 Å². The highest BCUT2D eigenvalue weighted by atomic mass is 19.1. The van der Waals surface area contributed by atoms with E-state index in [0.717, 1.165) is 6.07 Å². The molecule has 1 aromatic carbocycles. The summed E-state index contributed by atoms with van der Waals surface area (Å²) in [7, 11) is 0. The van der Waals surface area contributed by atoms with Crippen LogP contribution in [0.3, 0.4) is 0 Å². The zero-order chi connectivity index (χ0) is 12.8. The number of hydrogen-bond acceptors (Lipinski definition) is 2. The van der Waals surface area contributed by atoms with E-state index in [9.17, 15) is 13.9 Å². The van der Waals surface area contributed by atoms with Gasteiger partial charge in [0.2, 0.25) is 0 Å². The average Bonchev–Trinajstić information content (AvgIpc) is 2.14. The fourth-order valence-corrected chi connectivity index (χ4v) is 1.54. The second-order valence-corrected chi connectivity index (χ2v) is 4.34. The fraction of sp³-hybridized carbons (Fsp3) is 0.538. The van der Waals surface area contributed by atoms with Gasteiger partial charge >= 0.3 is 0 Å². The SMILES string of the molecule is CC(C)OCCC(O)Cc1cc(F)cc(F)c1. The van der Waals surface area contributed by atoms with Crippen LogP contribution in [0.1, 0.15) is 25.8 Å². The summed E-state index contributed by atoms with van der Waals surface area (Å²) in [4.78, 5) is 0. The topological polar surface area (TPSA) is 29.5 Å². The van der Waals surface area contributed by atoms with Crippen LogP contribution in [-0.4, -0.2) is 23.9 Å². The Labute approximate surface area is 100 Å². The van der Waals surface area contributed by atoms with E-state index in [4.69, 9.17) is 4.74 Å². The molecule has 0 bridgehead atoms. The summed E-state index contributed by atoms with van der Waals surface area (Å²) in [5, 5.41) is 9.67. The number of aliphatic hydroxyl groups is 1. The Morgan fingerprint density at radius 3 is 2.29 bits per heavy atom. The molecule has 1 unspecified atom stereocenters. The number of aliphatic hydroxyl groups excluding tert-OH is 1. The van der Waals surface area contributed by atoms with E-state index in [-0.39, 0.29) is 12.5 Å². The number of rotatable bonds is 6. The molecule has 0 saturated carbocycles. The lowest BCUT2D eigenvalue weighted by atomic mass is 10.1. The molecule has 1 N–H and O–H groups in total. The Hall–Kier alpha value is -1.00. The van der Waals surface area contributed by atoms with Crippen molar-refractivity contribution < 1.29 is 18.6 Å². The largest absolute Gasteiger partial charge is 0.393 e. The fourth-order valence-electron chi connectivity index (χ4n) is 1.54. The Balaban J connectivity index is 2.42. The minimum Gasteiger partial charge on any atom is -0.393 e. The van der Waals surface area contributed by atoms with Crippen molar-refractivity contribution in [3.05, 3.63) is 35.4 Å². The summed E-state index contributed by atoms with van der Waals surface area (Å²) in [6, 6.07) is 3.28. The van der Waals surface area contributed by atoms with Crippen molar-refractivity contribution >= 4 is 0 Å². The second kappa shape index (κ2) is 6.67. The molecule has 0 aliphatic rings. The lowest BCUT2D eigenvalue weighted by molar-refractivity contribution is 0.0470. The second-order valence-electron chi connectivity index (χ2n) is 4.34. The van der Waals surface area contributed by atoms with Crippen molar-refractivity contribution in [1.82, 2.24) is 0 Å². The predicted molar refractivity (Wildman–Crippen MR) is 61.8 cm³/mol. The van der Waals surface area contributed by atoms with Gasteiger partial charge in [-0.3, -0.25) is 0 Å². The highest BCUT2D eigenvalue weighted by Gasteiger charge is 2.08. The molecular weight excluding hydrogens is 226 g/mol. The Morgan fingerprint density at radius 2 is 1.76 bits per heavy atom. The summed E-state index contributed by atoms with van der Waals surface area (Å²) >= 11 is 0. The summed E-state index contributed by atoms with van der Waals surface area (Å²) in [6.07, 6.45) is 0.163. The number of benzene rings is 1. The van der Waals surface area contributed by atoms with Crippen molar-refractivity contribution in [2.45, 2.75) is 38.9 Å². The number of halogens is 2. The Bertz CT molecular complexity index is 333. The molecule has 0 fully saturated rings. The van der Waals surface area contributed by atoms with Crippen molar-refractivity contribution in [2.24, 2.45) is 0 Å². The smallest absolute Gasteiger partial charge is 0.126 e. The zero-order valence-corrected chi connectivity index (χ0v) is 10.1. The van der Waals surface area contributed by atoms with Crippen LogP contribution in [0.25, 0.3) is 0 Å². The molecule has 0 aliphatic carbocycles. The van der Waals surface area contributed by atoms with Crippen LogP contribution < -0.4 is 0 Å². The van der Waals surface area contributed by atoms with Crippen LogP contribution in [0.15, 0.2) is 18.2 Å². The normalized spacial score (nSPS) is 13.1. The van der Waals surface area contributed by atoms with E-state index in [1.807, 2.05) is 13.8 Å². The van der Waals surface area contributed by atoms with E-state index < -0.39 is 17.7 Å². The average molecular weight is 244 g/mol. The molecule has 0 saturated heterocycles. The van der Waals surface area contributed by atoms with Gasteiger partial charge in [0.15, 0.2) is 0 Å². The lowest BCUT2D eigenvalue weighted by Crippen LogP contribution is -2.15. The summed E-state index contributed by atoms with van der Waals surface area (Å²) in [5.74, 6) is -1.24. The van der Waals surface area contributed by atoms with Gasteiger partial charge in [-0.05, 0) is 44.4 Å². The molecular formula is C13H18F2O2. The molecule has 1 aromatic rings. The molecule has 1 rings (SSSR count). The van der Waals surface area contributed by atoms with Crippen LogP contribution in [-0.2, 0) is 11.2 Å². The van der Waals surface area contributed by atoms with Gasteiger partial charge in [-0.25, -0.2) is 8.78 Å². The third kappa shape index (κ3) is 5.75. The summed E-state index contributed by atoms with van der Waals surface area (Å²) in [6.45, 7) is 4.26. The minimum absolute atomic E-state index is 0.119. The predicted octanol–water partition coefficient (Wildman–Crippen LogP) is 2.68. The third-order valence-electron chi connectivity index (χ3n) is 2.30. The van der Waals surface area contributed by atoms with Crippen molar-refractivity contribution in [3.63, 3.8) is 0 Å².